The molecular formula is C24H29F3N4O5S2. The molecule has 0 spiro atoms. The molecule has 38 heavy (non-hydrogen) atoms. The van der Waals surface area contributed by atoms with E-state index in [-0.39, 0.29) is 11.7 Å². The highest BCUT2D eigenvalue weighted by atomic mass is 32.2. The lowest BCUT2D eigenvalue weighted by molar-refractivity contribution is -0.192. The van der Waals surface area contributed by atoms with E-state index < -0.39 is 28.1 Å². The summed E-state index contributed by atoms with van der Waals surface area (Å²) < 4.78 is 57.7. The third-order valence-electron chi connectivity index (χ3n) is 6.32. The van der Waals surface area contributed by atoms with Gasteiger partial charge in [-0.05, 0) is 73.0 Å². The van der Waals surface area contributed by atoms with Gasteiger partial charge in [0.05, 0.1) is 16.8 Å². The van der Waals surface area contributed by atoms with Gasteiger partial charge in [-0.2, -0.15) is 13.2 Å². The number of nitrogens with zero attached hydrogens (tertiary/aromatic N) is 1. The van der Waals surface area contributed by atoms with E-state index in [9.17, 15) is 26.4 Å². The smallest absolute Gasteiger partial charge is 0.475 e. The average molecular weight is 575 g/mol. The molecule has 0 atom stereocenters. The van der Waals surface area contributed by atoms with Gasteiger partial charge < -0.3 is 21.1 Å². The number of carboxylic acid groups (broad SMARTS) is 1. The Morgan fingerprint density at radius 2 is 1.84 bits per heavy atom. The lowest BCUT2D eigenvalue weighted by atomic mass is 9.88. The summed E-state index contributed by atoms with van der Waals surface area (Å²) in [5.41, 5.74) is 10.1. The number of alkyl halides is 3. The normalized spacial score (nSPS) is 15.3. The van der Waals surface area contributed by atoms with Crippen LogP contribution in [0.25, 0.3) is 22.0 Å². The quantitative estimate of drug-likeness (QED) is 0.337. The third-order valence-corrected chi connectivity index (χ3v) is 9.14. The third kappa shape index (κ3) is 6.73. The number of aromatic amines is 1. The number of aliphatic carboxylic acids is 1. The predicted octanol–water partition coefficient (Wildman–Crippen LogP) is 3.88. The summed E-state index contributed by atoms with van der Waals surface area (Å²) in [5.74, 6) is -2.86. The molecule has 2 aromatic heterocycles. The number of fused-ring (bicyclic) bond motifs is 1. The van der Waals surface area contributed by atoms with Crippen LogP contribution in [0.4, 0.5) is 13.2 Å². The number of carbonyl (C=O) groups excluding carboxylic acids is 1. The van der Waals surface area contributed by atoms with Gasteiger partial charge in [-0.3, -0.25) is 4.79 Å². The zero-order valence-electron chi connectivity index (χ0n) is 20.8. The Labute approximate surface area is 221 Å². The Bertz CT molecular complexity index is 1410. The number of primary amides is 1. The van der Waals surface area contributed by atoms with Gasteiger partial charge in [-0.1, -0.05) is 0 Å². The molecule has 0 radical (unpaired) electrons. The first-order valence-corrected chi connectivity index (χ1v) is 14.2. The molecule has 1 amide bonds. The molecule has 3 heterocycles. The monoisotopic (exact) mass is 574 g/mol. The Balaban J connectivity index is 0.000000505. The second-order valence-electron chi connectivity index (χ2n) is 8.76. The summed E-state index contributed by atoms with van der Waals surface area (Å²) in [4.78, 5) is 25.6. The van der Waals surface area contributed by atoms with E-state index in [0.29, 0.717) is 18.7 Å². The maximum atomic E-state index is 12.2. The summed E-state index contributed by atoms with van der Waals surface area (Å²) in [6, 6.07) is 6.11. The number of hydrogen-bond acceptors (Lipinski definition) is 6. The topological polar surface area (TPSA) is 146 Å². The van der Waals surface area contributed by atoms with Crippen LogP contribution in [-0.4, -0.2) is 66.8 Å². The number of sulfonamides is 1. The van der Waals surface area contributed by atoms with Crippen molar-refractivity contribution in [1.29, 1.82) is 0 Å². The van der Waals surface area contributed by atoms with Crippen molar-refractivity contribution in [3.63, 3.8) is 0 Å². The number of carbonyl (C=O) groups is 2. The molecule has 0 saturated carbocycles. The molecule has 4 rings (SSSR count). The highest BCUT2D eigenvalue weighted by molar-refractivity contribution is 7.89. The van der Waals surface area contributed by atoms with E-state index in [0.717, 1.165) is 47.0 Å². The minimum atomic E-state index is -5.08. The first-order chi connectivity index (χ1) is 17.8. The molecule has 0 bridgehead atoms. The van der Waals surface area contributed by atoms with Gasteiger partial charge in [0.25, 0.3) is 5.91 Å². The zero-order valence-corrected chi connectivity index (χ0v) is 22.4. The van der Waals surface area contributed by atoms with Gasteiger partial charge in [-0.25, -0.2) is 17.5 Å². The first-order valence-electron chi connectivity index (χ1n) is 11.7. The Morgan fingerprint density at radius 1 is 1.21 bits per heavy atom. The van der Waals surface area contributed by atoms with Gasteiger partial charge >= 0.3 is 12.1 Å². The molecule has 0 unspecified atom stereocenters. The van der Waals surface area contributed by atoms with Crippen LogP contribution in [0.1, 0.15) is 46.5 Å². The molecule has 1 saturated heterocycles. The van der Waals surface area contributed by atoms with Gasteiger partial charge in [0.2, 0.25) is 10.0 Å². The number of halogens is 3. The summed E-state index contributed by atoms with van der Waals surface area (Å²) in [6.07, 6.45) is -1.62. The molecule has 5 N–H and O–H groups in total. The van der Waals surface area contributed by atoms with Crippen molar-refractivity contribution in [2.45, 2.75) is 38.4 Å². The molecule has 1 aliphatic rings. The zero-order chi connectivity index (χ0) is 28.3. The van der Waals surface area contributed by atoms with E-state index >= 15 is 0 Å². The Morgan fingerprint density at radius 3 is 2.37 bits per heavy atom. The number of amides is 1. The fourth-order valence-electron chi connectivity index (χ4n) is 4.38. The van der Waals surface area contributed by atoms with Crippen molar-refractivity contribution in [3.8, 4) is 11.1 Å². The largest absolute Gasteiger partial charge is 0.490 e. The molecule has 1 aliphatic heterocycles. The summed E-state index contributed by atoms with van der Waals surface area (Å²) in [7, 11) is -1.24. The molecule has 9 nitrogen and oxygen atoms in total. The molecular weight excluding hydrogens is 545 g/mol. The van der Waals surface area contributed by atoms with Crippen LogP contribution in [0.2, 0.25) is 0 Å². The maximum absolute atomic E-state index is 12.2. The number of H-pyrrole nitrogens is 1. The summed E-state index contributed by atoms with van der Waals surface area (Å²) >= 11 is 1.68. The van der Waals surface area contributed by atoms with E-state index in [4.69, 9.17) is 15.6 Å². The van der Waals surface area contributed by atoms with E-state index in [1.165, 1.54) is 4.88 Å². The van der Waals surface area contributed by atoms with Crippen molar-refractivity contribution in [2.24, 2.45) is 5.73 Å². The van der Waals surface area contributed by atoms with Crippen molar-refractivity contribution in [3.05, 3.63) is 45.8 Å². The standard InChI is InChI=1S/C22H28N4O3S2.C2HF3O2/c1-3-31(28,29)26-6-4-14(5-7-26)20-12-25-21-18(20)9-15(10-19(21)22(23)27)16-8-17(11-24-2)30-13-16;3-2(4,5)1(6)7/h8-10,12-14,24-25H,3-7,11H2,1-2H3,(H2,23,27);(H,6,7). The van der Waals surface area contributed by atoms with E-state index in [1.807, 2.05) is 19.3 Å². The number of thiophene rings is 1. The van der Waals surface area contributed by atoms with Crippen LogP contribution in [0.5, 0.6) is 0 Å². The number of benzene rings is 1. The van der Waals surface area contributed by atoms with Gasteiger partial charge in [-0.15, -0.1) is 11.3 Å². The van der Waals surface area contributed by atoms with Crippen molar-refractivity contribution < 1.29 is 36.3 Å². The van der Waals surface area contributed by atoms with Gasteiger partial charge in [0.15, 0.2) is 0 Å². The minimum absolute atomic E-state index is 0.131. The van der Waals surface area contributed by atoms with Crippen LogP contribution in [0, 0.1) is 0 Å². The van der Waals surface area contributed by atoms with Gasteiger partial charge in [0, 0.05) is 36.1 Å². The number of hydrogen-bond donors (Lipinski definition) is 4. The molecule has 0 aliphatic carbocycles. The number of carboxylic acids is 1. The highest BCUT2D eigenvalue weighted by Crippen LogP contribution is 2.38. The number of piperidine rings is 1. The predicted molar refractivity (Wildman–Crippen MR) is 140 cm³/mol. The lowest BCUT2D eigenvalue weighted by Crippen LogP contribution is -2.38. The van der Waals surface area contributed by atoms with Crippen LogP contribution in [0.15, 0.2) is 29.8 Å². The number of nitrogens with two attached hydrogens (primary N) is 1. The number of aromatic nitrogens is 1. The highest BCUT2D eigenvalue weighted by Gasteiger charge is 2.38. The van der Waals surface area contributed by atoms with E-state index in [1.54, 1.807) is 22.6 Å². The number of nitrogens with one attached hydrogen (secondary N) is 2. The summed E-state index contributed by atoms with van der Waals surface area (Å²) in [5, 5.41) is 13.4. The minimum Gasteiger partial charge on any atom is -0.475 e. The van der Waals surface area contributed by atoms with Crippen LogP contribution in [-0.2, 0) is 21.4 Å². The molecule has 208 valence electrons. The summed E-state index contributed by atoms with van der Waals surface area (Å²) in [6.45, 7) is 3.52. The van der Waals surface area contributed by atoms with Crippen molar-refractivity contribution >= 4 is 44.1 Å². The first kappa shape index (κ1) is 29.6. The van der Waals surface area contributed by atoms with Crippen molar-refractivity contribution in [1.82, 2.24) is 14.6 Å². The maximum Gasteiger partial charge on any atom is 0.490 e. The molecule has 1 fully saturated rings. The number of rotatable bonds is 7. The van der Waals surface area contributed by atoms with E-state index in [2.05, 4.69) is 27.8 Å². The fourth-order valence-corrected chi connectivity index (χ4v) is 6.42. The SMILES string of the molecule is CCS(=O)(=O)N1CCC(c2c[nH]c3c(C(N)=O)cc(-c4csc(CNC)c4)cc23)CC1.O=C(O)C(F)(F)F. The van der Waals surface area contributed by atoms with Crippen LogP contribution in [0.3, 0.4) is 0 Å². The second-order valence-corrected chi connectivity index (χ2v) is 12.0. The molecule has 14 heteroatoms. The molecule has 3 aromatic rings. The second kappa shape index (κ2) is 11.8. The fraction of sp³-hybridized carbons (Fsp3) is 0.417. The van der Waals surface area contributed by atoms with Crippen molar-refractivity contribution in [2.75, 3.05) is 25.9 Å². The molecule has 1 aromatic carbocycles. The van der Waals surface area contributed by atoms with Crippen LogP contribution >= 0.6 is 11.3 Å². The lowest BCUT2D eigenvalue weighted by Gasteiger charge is -2.31. The Hall–Kier alpha value is -2.94. The average Bonchev–Trinajstić information content (AvgIpc) is 3.50. The van der Waals surface area contributed by atoms with Gasteiger partial charge in [0.1, 0.15) is 0 Å². The Kier molecular flexibility index (Phi) is 9.23. The van der Waals surface area contributed by atoms with Crippen LogP contribution < -0.4 is 11.1 Å².